The average Bonchev–Trinajstić information content (AvgIpc) is 3.46. The van der Waals surface area contributed by atoms with Crippen molar-refractivity contribution in [3.05, 3.63) is 100 Å². The minimum atomic E-state index is -3.57. The van der Waals surface area contributed by atoms with E-state index in [2.05, 4.69) is 5.32 Å². The molecule has 1 fully saturated rings. The summed E-state index contributed by atoms with van der Waals surface area (Å²) >= 11 is 6.13. The summed E-state index contributed by atoms with van der Waals surface area (Å²) in [6.07, 6.45) is 5.99. The summed E-state index contributed by atoms with van der Waals surface area (Å²) in [4.78, 5) is 29.5. The van der Waals surface area contributed by atoms with Gasteiger partial charge in [-0.3, -0.25) is 13.9 Å². The molecule has 0 spiro atoms. The summed E-state index contributed by atoms with van der Waals surface area (Å²) in [6, 6.07) is 22.1. The van der Waals surface area contributed by atoms with Gasteiger partial charge in [0, 0.05) is 37.0 Å². The molecule has 4 rings (SSSR count). The van der Waals surface area contributed by atoms with E-state index < -0.39 is 16.1 Å². The minimum Gasteiger partial charge on any atom is -0.352 e. The van der Waals surface area contributed by atoms with Gasteiger partial charge in [-0.1, -0.05) is 73.0 Å². The van der Waals surface area contributed by atoms with Gasteiger partial charge in [-0.05, 0) is 79.6 Å². The largest absolute Gasteiger partial charge is 0.352 e. The Morgan fingerprint density at radius 2 is 1.56 bits per heavy atom. The topological polar surface area (TPSA) is 86.8 Å². The number of rotatable bonds is 13. The minimum absolute atomic E-state index is 0.0897. The lowest BCUT2D eigenvalue weighted by molar-refractivity contribution is -0.141. The predicted molar refractivity (Wildman–Crippen MR) is 174 cm³/mol. The van der Waals surface area contributed by atoms with Crippen molar-refractivity contribution in [2.75, 3.05) is 17.1 Å². The molecule has 0 saturated heterocycles. The van der Waals surface area contributed by atoms with Crippen LogP contribution in [-0.2, 0) is 32.6 Å². The number of halogens is 1. The lowest BCUT2D eigenvalue weighted by atomic mass is 10.0. The number of carbonyl (C=O) groups is 2. The van der Waals surface area contributed by atoms with Crippen LogP contribution in [0.4, 0.5) is 5.69 Å². The van der Waals surface area contributed by atoms with Gasteiger partial charge in [0.25, 0.3) is 0 Å². The molecule has 0 unspecified atom stereocenters. The van der Waals surface area contributed by atoms with Gasteiger partial charge in [-0.15, -0.1) is 0 Å². The molecule has 0 aromatic heterocycles. The second-order valence-corrected chi connectivity index (χ2v) is 14.0. The van der Waals surface area contributed by atoms with Crippen LogP contribution in [0.1, 0.15) is 60.8 Å². The third kappa shape index (κ3) is 9.57. The van der Waals surface area contributed by atoms with E-state index in [1.807, 2.05) is 74.5 Å². The second-order valence-electron chi connectivity index (χ2n) is 11.6. The maximum atomic E-state index is 14.0. The number of carbonyl (C=O) groups excluding carboxylic acids is 2. The molecule has 9 heteroatoms. The van der Waals surface area contributed by atoms with E-state index in [1.54, 1.807) is 17.0 Å². The summed E-state index contributed by atoms with van der Waals surface area (Å²) < 4.78 is 26.9. The second kappa shape index (κ2) is 14.9. The van der Waals surface area contributed by atoms with E-state index in [1.165, 1.54) is 10.6 Å². The molecule has 3 aromatic carbocycles. The molecule has 1 N–H and O–H groups in total. The number of sulfonamides is 1. The summed E-state index contributed by atoms with van der Waals surface area (Å²) in [5.41, 5.74) is 4.33. The van der Waals surface area contributed by atoms with E-state index in [9.17, 15) is 18.0 Å². The van der Waals surface area contributed by atoms with Gasteiger partial charge < -0.3 is 10.2 Å². The maximum Gasteiger partial charge on any atom is 0.243 e. The zero-order valence-electron chi connectivity index (χ0n) is 25.3. The summed E-state index contributed by atoms with van der Waals surface area (Å²) in [5.74, 6) is -0.364. The van der Waals surface area contributed by atoms with Crippen molar-refractivity contribution in [1.82, 2.24) is 10.2 Å². The van der Waals surface area contributed by atoms with E-state index in [0.29, 0.717) is 23.6 Å². The summed E-state index contributed by atoms with van der Waals surface area (Å²) in [5, 5.41) is 3.81. The van der Waals surface area contributed by atoms with Gasteiger partial charge in [-0.2, -0.15) is 0 Å². The van der Waals surface area contributed by atoms with Crippen LogP contribution < -0.4 is 9.62 Å². The Bertz CT molecular complexity index is 1470. The maximum absolute atomic E-state index is 14.0. The highest BCUT2D eigenvalue weighted by Crippen LogP contribution is 2.24. The molecule has 1 atom stereocenters. The number of benzene rings is 3. The number of hydrogen-bond donors (Lipinski definition) is 1. The van der Waals surface area contributed by atoms with Crippen LogP contribution in [0.15, 0.2) is 72.8 Å². The van der Waals surface area contributed by atoms with Gasteiger partial charge in [-0.25, -0.2) is 8.42 Å². The molecule has 1 aliphatic carbocycles. The van der Waals surface area contributed by atoms with Gasteiger partial charge in [0.05, 0.1) is 11.9 Å². The Hall–Kier alpha value is -3.36. The number of amides is 2. The van der Waals surface area contributed by atoms with Gasteiger partial charge in [0.2, 0.25) is 21.8 Å². The first-order valence-electron chi connectivity index (χ1n) is 14.9. The number of hydrogen-bond acceptors (Lipinski definition) is 4. The number of anilines is 1. The molecule has 230 valence electrons. The van der Waals surface area contributed by atoms with Crippen molar-refractivity contribution in [1.29, 1.82) is 0 Å². The Balaban J connectivity index is 1.59. The molecule has 7 nitrogen and oxygen atoms in total. The van der Waals surface area contributed by atoms with Crippen molar-refractivity contribution in [3.63, 3.8) is 0 Å². The van der Waals surface area contributed by atoms with Crippen molar-refractivity contribution in [3.8, 4) is 0 Å². The fraction of sp³-hybridized carbons (Fsp3) is 0.412. The highest BCUT2D eigenvalue weighted by atomic mass is 35.5. The van der Waals surface area contributed by atoms with E-state index >= 15 is 0 Å². The molecular formula is C34H42ClN3O4S. The Morgan fingerprint density at radius 3 is 2.16 bits per heavy atom. The Labute approximate surface area is 261 Å². The zero-order valence-corrected chi connectivity index (χ0v) is 26.8. The van der Waals surface area contributed by atoms with Crippen molar-refractivity contribution in [2.45, 2.75) is 77.4 Å². The van der Waals surface area contributed by atoms with Crippen LogP contribution in [0.2, 0.25) is 5.02 Å². The highest BCUT2D eigenvalue weighted by Gasteiger charge is 2.32. The smallest absolute Gasteiger partial charge is 0.243 e. The molecule has 43 heavy (non-hydrogen) atoms. The standard InChI is InChI=1S/C34H42ClN3O4S/c1-25-20-26(2)22-31(21-25)38(43(3,41)42)19-9-14-33(39)37(24-28-15-17-29(35)18-16-28)32(23-27-10-5-4-6-11-27)34(40)36-30-12-7-8-13-30/h4-6,10-11,15-18,20-22,30,32H,7-9,12-14,19,23-24H2,1-3H3,(H,36,40)/t32-/m0/s1. The first kappa shape index (κ1) is 32.6. The molecule has 0 bridgehead atoms. The Kier molecular flexibility index (Phi) is 11.3. The molecule has 2 amide bonds. The highest BCUT2D eigenvalue weighted by molar-refractivity contribution is 7.92. The van der Waals surface area contributed by atoms with E-state index in [4.69, 9.17) is 11.6 Å². The van der Waals surface area contributed by atoms with Crippen molar-refractivity contribution >= 4 is 39.1 Å². The molecule has 1 saturated carbocycles. The third-order valence-corrected chi connectivity index (χ3v) is 9.33. The molecule has 0 aliphatic heterocycles. The zero-order chi connectivity index (χ0) is 31.0. The van der Waals surface area contributed by atoms with E-state index in [-0.39, 0.29) is 37.4 Å². The van der Waals surface area contributed by atoms with Crippen LogP contribution in [0.25, 0.3) is 0 Å². The quantitative estimate of drug-likeness (QED) is 0.246. The van der Waals surface area contributed by atoms with Gasteiger partial charge in [0.1, 0.15) is 6.04 Å². The normalized spacial score (nSPS) is 14.3. The van der Waals surface area contributed by atoms with Crippen molar-refractivity contribution in [2.24, 2.45) is 0 Å². The first-order valence-corrected chi connectivity index (χ1v) is 17.2. The number of nitrogens with one attached hydrogen (secondary N) is 1. The lowest BCUT2D eigenvalue weighted by Gasteiger charge is -2.33. The number of nitrogens with zero attached hydrogens (tertiary/aromatic N) is 2. The van der Waals surface area contributed by atoms with Crippen LogP contribution >= 0.6 is 11.6 Å². The number of aryl methyl sites for hydroxylation is 2. The third-order valence-electron chi connectivity index (χ3n) is 7.89. The molecule has 1 aliphatic rings. The fourth-order valence-electron chi connectivity index (χ4n) is 5.81. The molecule has 0 radical (unpaired) electrons. The average molecular weight is 624 g/mol. The summed E-state index contributed by atoms with van der Waals surface area (Å²) in [6.45, 7) is 4.25. The first-order chi connectivity index (χ1) is 20.5. The van der Waals surface area contributed by atoms with Crippen LogP contribution in [0, 0.1) is 13.8 Å². The fourth-order valence-corrected chi connectivity index (χ4v) is 6.88. The van der Waals surface area contributed by atoms with Gasteiger partial charge in [0.15, 0.2) is 0 Å². The molecule has 3 aromatic rings. The molecule has 0 heterocycles. The monoisotopic (exact) mass is 623 g/mol. The van der Waals surface area contributed by atoms with Crippen LogP contribution in [0.5, 0.6) is 0 Å². The van der Waals surface area contributed by atoms with Crippen molar-refractivity contribution < 1.29 is 18.0 Å². The lowest BCUT2D eigenvalue weighted by Crippen LogP contribution is -2.52. The SMILES string of the molecule is Cc1cc(C)cc(N(CCCC(=O)N(Cc2ccc(Cl)cc2)[C@@H](Cc2ccccc2)C(=O)NC2CCCC2)S(C)(=O)=O)c1. The molecular weight excluding hydrogens is 582 g/mol. The van der Waals surface area contributed by atoms with Crippen LogP contribution in [-0.4, -0.2) is 50.0 Å². The Morgan fingerprint density at radius 1 is 0.930 bits per heavy atom. The van der Waals surface area contributed by atoms with Crippen LogP contribution in [0.3, 0.4) is 0 Å². The van der Waals surface area contributed by atoms with E-state index in [0.717, 1.165) is 47.9 Å². The summed E-state index contributed by atoms with van der Waals surface area (Å²) in [7, 11) is -3.57. The van der Waals surface area contributed by atoms with Gasteiger partial charge >= 0.3 is 0 Å². The predicted octanol–water partition coefficient (Wildman–Crippen LogP) is 6.20.